The molecule has 1 aromatic rings. The van der Waals surface area contributed by atoms with Gasteiger partial charge < -0.3 is 0 Å². The standard InChI is InChI=1S/C11H14N2O2S/c1-11(2,3)9-4-5-10(13-16(14)15)8(6-9)7-12/h4-6,13H,1-3H3,(H,14,15). The number of hydrogen-bond acceptors (Lipinski definition) is 2. The fourth-order valence-electron chi connectivity index (χ4n) is 1.29. The zero-order valence-corrected chi connectivity index (χ0v) is 10.3. The highest BCUT2D eigenvalue weighted by atomic mass is 32.2. The summed E-state index contributed by atoms with van der Waals surface area (Å²) in [5.41, 5.74) is 1.70. The van der Waals surface area contributed by atoms with Crippen LogP contribution in [0.25, 0.3) is 0 Å². The van der Waals surface area contributed by atoms with Gasteiger partial charge in [-0.15, -0.1) is 0 Å². The van der Waals surface area contributed by atoms with Gasteiger partial charge in [0.1, 0.15) is 6.07 Å². The average Bonchev–Trinajstić information content (AvgIpc) is 2.15. The van der Waals surface area contributed by atoms with E-state index < -0.39 is 11.3 Å². The summed E-state index contributed by atoms with van der Waals surface area (Å²) < 4.78 is 21.6. The van der Waals surface area contributed by atoms with Crippen molar-refractivity contribution in [3.63, 3.8) is 0 Å². The molecule has 2 N–H and O–H groups in total. The van der Waals surface area contributed by atoms with Gasteiger partial charge in [0.2, 0.25) is 0 Å². The van der Waals surface area contributed by atoms with Gasteiger partial charge in [-0.05, 0) is 23.1 Å². The van der Waals surface area contributed by atoms with E-state index in [0.29, 0.717) is 11.3 Å². The summed E-state index contributed by atoms with van der Waals surface area (Å²) in [6.07, 6.45) is 0. The molecule has 0 heterocycles. The van der Waals surface area contributed by atoms with Gasteiger partial charge in [-0.25, -0.2) is 4.21 Å². The highest BCUT2D eigenvalue weighted by Gasteiger charge is 2.15. The molecular weight excluding hydrogens is 224 g/mol. The average molecular weight is 238 g/mol. The van der Waals surface area contributed by atoms with Crippen molar-refractivity contribution in [2.24, 2.45) is 0 Å². The lowest BCUT2D eigenvalue weighted by Gasteiger charge is -2.19. The molecule has 0 aromatic heterocycles. The summed E-state index contributed by atoms with van der Waals surface area (Å²) in [5, 5.41) is 8.95. The van der Waals surface area contributed by atoms with E-state index in [9.17, 15) is 4.21 Å². The van der Waals surface area contributed by atoms with Gasteiger partial charge in [0.25, 0.3) is 11.3 Å². The lowest BCUT2D eigenvalue weighted by Crippen LogP contribution is -2.12. The lowest BCUT2D eigenvalue weighted by atomic mass is 9.86. The molecule has 0 bridgehead atoms. The number of nitrogens with zero attached hydrogens (tertiary/aromatic N) is 1. The fourth-order valence-corrected chi connectivity index (χ4v) is 1.65. The summed E-state index contributed by atoms with van der Waals surface area (Å²) in [6.45, 7) is 6.13. The topological polar surface area (TPSA) is 73.1 Å². The van der Waals surface area contributed by atoms with Gasteiger partial charge in [0.15, 0.2) is 0 Å². The van der Waals surface area contributed by atoms with Crippen LogP contribution in [-0.4, -0.2) is 8.76 Å². The van der Waals surface area contributed by atoms with Crippen LogP contribution in [0.1, 0.15) is 31.9 Å². The van der Waals surface area contributed by atoms with Crippen molar-refractivity contribution in [1.82, 2.24) is 0 Å². The fraction of sp³-hybridized carbons (Fsp3) is 0.364. The van der Waals surface area contributed by atoms with Crippen molar-refractivity contribution >= 4 is 17.0 Å². The zero-order valence-electron chi connectivity index (χ0n) is 9.44. The summed E-state index contributed by atoms with van der Waals surface area (Å²) in [5.74, 6) is 0. The lowest BCUT2D eigenvalue weighted by molar-refractivity contribution is 0.570. The van der Waals surface area contributed by atoms with Crippen LogP contribution in [0, 0.1) is 11.3 Å². The smallest absolute Gasteiger partial charge is 0.259 e. The van der Waals surface area contributed by atoms with E-state index >= 15 is 0 Å². The normalized spacial score (nSPS) is 12.9. The minimum atomic E-state index is -2.16. The molecule has 0 spiro atoms. The van der Waals surface area contributed by atoms with Crippen LogP contribution in [0.2, 0.25) is 0 Å². The van der Waals surface area contributed by atoms with Gasteiger partial charge in [0.05, 0.1) is 11.3 Å². The first kappa shape index (κ1) is 12.7. The number of anilines is 1. The van der Waals surface area contributed by atoms with Crippen LogP contribution in [0.3, 0.4) is 0 Å². The van der Waals surface area contributed by atoms with Crippen LogP contribution in [0.4, 0.5) is 5.69 Å². The van der Waals surface area contributed by atoms with E-state index in [0.717, 1.165) is 5.56 Å². The molecule has 0 saturated carbocycles. The Morgan fingerprint density at radius 3 is 2.50 bits per heavy atom. The minimum Gasteiger partial charge on any atom is -0.289 e. The quantitative estimate of drug-likeness (QED) is 0.777. The number of rotatable bonds is 2. The number of hydrogen-bond donors (Lipinski definition) is 2. The first-order chi connectivity index (χ1) is 7.34. The van der Waals surface area contributed by atoms with Gasteiger partial charge in [0, 0.05) is 0 Å². The molecule has 1 rings (SSSR count). The Morgan fingerprint density at radius 2 is 2.06 bits per heavy atom. The third-order valence-corrected chi connectivity index (χ3v) is 2.60. The molecule has 0 saturated heterocycles. The van der Waals surface area contributed by atoms with Gasteiger partial charge in [-0.3, -0.25) is 9.27 Å². The first-order valence-electron chi connectivity index (χ1n) is 4.77. The summed E-state index contributed by atoms with van der Waals surface area (Å²) in [6, 6.07) is 7.23. The molecule has 4 nitrogen and oxygen atoms in total. The van der Waals surface area contributed by atoms with E-state index in [1.54, 1.807) is 12.1 Å². The van der Waals surface area contributed by atoms with Crippen molar-refractivity contribution < 1.29 is 8.76 Å². The maximum absolute atomic E-state index is 10.6. The highest BCUT2D eigenvalue weighted by Crippen LogP contribution is 2.26. The molecule has 86 valence electrons. The van der Waals surface area contributed by atoms with E-state index in [4.69, 9.17) is 9.81 Å². The van der Waals surface area contributed by atoms with Crippen molar-refractivity contribution in [3.05, 3.63) is 29.3 Å². The predicted octanol–water partition coefficient (Wildman–Crippen LogP) is 2.40. The Kier molecular flexibility index (Phi) is 3.68. The highest BCUT2D eigenvalue weighted by molar-refractivity contribution is 7.80. The monoisotopic (exact) mass is 238 g/mol. The molecule has 0 aliphatic heterocycles. The maximum Gasteiger partial charge on any atom is 0.259 e. The maximum atomic E-state index is 10.6. The van der Waals surface area contributed by atoms with Crippen molar-refractivity contribution in [2.75, 3.05) is 4.72 Å². The molecule has 0 amide bonds. The Balaban J connectivity index is 3.18. The molecule has 1 atom stereocenters. The van der Waals surface area contributed by atoms with Crippen LogP contribution in [0.15, 0.2) is 18.2 Å². The Hall–Kier alpha value is -1.38. The van der Waals surface area contributed by atoms with E-state index in [-0.39, 0.29) is 5.41 Å². The summed E-state index contributed by atoms with van der Waals surface area (Å²) in [7, 11) is 0. The molecule has 0 aliphatic carbocycles. The second-order valence-corrected chi connectivity index (χ2v) is 5.18. The van der Waals surface area contributed by atoms with E-state index in [1.165, 1.54) is 0 Å². The van der Waals surface area contributed by atoms with Crippen molar-refractivity contribution in [2.45, 2.75) is 26.2 Å². The van der Waals surface area contributed by atoms with E-state index in [2.05, 4.69) is 4.72 Å². The molecule has 1 aromatic carbocycles. The first-order valence-corrected chi connectivity index (χ1v) is 5.87. The molecule has 16 heavy (non-hydrogen) atoms. The molecule has 0 aliphatic rings. The number of nitriles is 1. The molecule has 5 heteroatoms. The zero-order chi connectivity index (χ0) is 12.3. The SMILES string of the molecule is CC(C)(C)c1ccc(NS(=O)O)c(C#N)c1. The third-order valence-electron chi connectivity index (χ3n) is 2.20. The Morgan fingerprint density at radius 1 is 1.44 bits per heavy atom. The molecule has 1 unspecified atom stereocenters. The molecular formula is C11H14N2O2S. The molecule has 0 fully saturated rings. The Bertz CT molecular complexity index is 458. The van der Waals surface area contributed by atoms with Crippen molar-refractivity contribution in [3.8, 4) is 6.07 Å². The second kappa shape index (κ2) is 4.64. The van der Waals surface area contributed by atoms with Gasteiger partial charge in [-0.1, -0.05) is 26.8 Å². The minimum absolute atomic E-state index is 0.0531. The van der Waals surface area contributed by atoms with Crippen LogP contribution < -0.4 is 4.72 Å². The van der Waals surface area contributed by atoms with Crippen LogP contribution >= 0.6 is 0 Å². The number of benzene rings is 1. The predicted molar refractivity (Wildman–Crippen MR) is 64.3 cm³/mol. The van der Waals surface area contributed by atoms with Crippen LogP contribution in [-0.2, 0) is 16.7 Å². The third kappa shape index (κ3) is 3.05. The summed E-state index contributed by atoms with van der Waals surface area (Å²) >= 11 is -2.16. The van der Waals surface area contributed by atoms with Gasteiger partial charge >= 0.3 is 0 Å². The van der Waals surface area contributed by atoms with Gasteiger partial charge in [-0.2, -0.15) is 5.26 Å². The summed E-state index contributed by atoms with van der Waals surface area (Å²) in [4.78, 5) is 0. The second-order valence-electron chi connectivity index (χ2n) is 4.47. The van der Waals surface area contributed by atoms with Crippen LogP contribution in [0.5, 0.6) is 0 Å². The Labute approximate surface area is 97.7 Å². The number of nitrogens with one attached hydrogen (secondary N) is 1. The largest absolute Gasteiger partial charge is 0.289 e. The van der Waals surface area contributed by atoms with E-state index in [1.807, 2.05) is 32.9 Å². The van der Waals surface area contributed by atoms with Crippen molar-refractivity contribution in [1.29, 1.82) is 5.26 Å². The molecule has 0 radical (unpaired) electrons.